The number of methoxy groups -OCH3 is 1. The number of hydrogen-bond acceptors (Lipinski definition) is 5. The zero-order valence-corrected chi connectivity index (χ0v) is 11.3. The molecule has 1 heterocycles. The lowest BCUT2D eigenvalue weighted by Gasteiger charge is -2.11. The lowest BCUT2D eigenvalue weighted by atomic mass is 10.1. The highest BCUT2D eigenvalue weighted by Gasteiger charge is 2.39. The first-order valence-electron chi connectivity index (χ1n) is 6.03. The first-order valence-corrected chi connectivity index (χ1v) is 6.03. The molecule has 0 bridgehead atoms. The van der Waals surface area contributed by atoms with E-state index in [4.69, 9.17) is 14.4 Å². The fourth-order valence-corrected chi connectivity index (χ4v) is 1.71. The molecule has 8 heteroatoms. The predicted octanol–water partition coefficient (Wildman–Crippen LogP) is 2.52. The van der Waals surface area contributed by atoms with Crippen LogP contribution >= 0.6 is 0 Å². The van der Waals surface area contributed by atoms with Crippen LogP contribution in [0, 0.1) is 6.92 Å². The van der Waals surface area contributed by atoms with Crippen molar-refractivity contribution in [3.63, 3.8) is 0 Å². The Labute approximate surface area is 118 Å². The fourth-order valence-electron chi connectivity index (χ4n) is 1.71. The third-order valence-corrected chi connectivity index (χ3v) is 2.81. The minimum Gasteiger partial charge on any atom is -0.496 e. The Kier molecular flexibility index (Phi) is 4.17. The zero-order chi connectivity index (χ0) is 15.6. The monoisotopic (exact) mass is 302 g/mol. The van der Waals surface area contributed by atoms with E-state index in [-0.39, 0.29) is 11.7 Å². The Morgan fingerprint density at radius 3 is 2.71 bits per heavy atom. The standard InChI is InChI=1S/C13H13F3N2O3/c1-7-3-4-8(9(5-7)20-2)12-17-11(21-18-12)6-10(19)13(14,15)16/h3-5,10,19H,6H2,1-2H3. The van der Waals surface area contributed by atoms with Crippen molar-refractivity contribution >= 4 is 0 Å². The lowest BCUT2D eigenvalue weighted by Crippen LogP contribution is -2.30. The molecule has 0 aliphatic carbocycles. The highest BCUT2D eigenvalue weighted by Crippen LogP contribution is 2.29. The summed E-state index contributed by atoms with van der Waals surface area (Å²) in [7, 11) is 1.46. The van der Waals surface area contributed by atoms with Gasteiger partial charge in [0.1, 0.15) is 5.75 Å². The van der Waals surface area contributed by atoms with Crippen LogP contribution in [-0.4, -0.2) is 34.6 Å². The summed E-state index contributed by atoms with van der Waals surface area (Å²) in [5.74, 6) is 0.299. The summed E-state index contributed by atoms with van der Waals surface area (Å²) < 4.78 is 46.7. The molecule has 1 atom stereocenters. The van der Waals surface area contributed by atoms with Crippen LogP contribution in [0.2, 0.25) is 0 Å². The number of aromatic nitrogens is 2. The van der Waals surface area contributed by atoms with Crippen molar-refractivity contribution in [1.82, 2.24) is 10.1 Å². The molecule has 1 unspecified atom stereocenters. The van der Waals surface area contributed by atoms with Gasteiger partial charge in [-0.3, -0.25) is 0 Å². The van der Waals surface area contributed by atoms with Gasteiger partial charge in [0.05, 0.1) is 19.1 Å². The molecular formula is C13H13F3N2O3. The molecule has 1 aromatic heterocycles. The smallest absolute Gasteiger partial charge is 0.414 e. The van der Waals surface area contributed by atoms with Crippen LogP contribution in [0.1, 0.15) is 11.5 Å². The van der Waals surface area contributed by atoms with Crippen molar-refractivity contribution in [2.24, 2.45) is 0 Å². The number of hydrogen-bond donors (Lipinski definition) is 1. The number of aliphatic hydroxyl groups is 1. The Hall–Kier alpha value is -2.09. The van der Waals surface area contributed by atoms with Gasteiger partial charge < -0.3 is 14.4 Å². The molecular weight excluding hydrogens is 289 g/mol. The molecule has 1 N–H and O–H groups in total. The van der Waals surface area contributed by atoms with Gasteiger partial charge in [0.15, 0.2) is 6.10 Å². The molecule has 114 valence electrons. The number of aryl methyl sites for hydroxylation is 1. The predicted molar refractivity (Wildman–Crippen MR) is 66.8 cm³/mol. The second-order valence-corrected chi connectivity index (χ2v) is 4.48. The van der Waals surface area contributed by atoms with Crippen LogP contribution in [0.3, 0.4) is 0 Å². The van der Waals surface area contributed by atoms with Gasteiger partial charge in [0, 0.05) is 0 Å². The van der Waals surface area contributed by atoms with Crippen molar-refractivity contribution in [3.8, 4) is 17.1 Å². The maximum Gasteiger partial charge on any atom is 0.414 e. The SMILES string of the molecule is COc1cc(C)ccc1-c1noc(CC(O)C(F)(F)F)n1. The van der Waals surface area contributed by atoms with Gasteiger partial charge in [0.25, 0.3) is 0 Å². The van der Waals surface area contributed by atoms with E-state index in [1.807, 2.05) is 6.92 Å². The topological polar surface area (TPSA) is 68.4 Å². The number of nitrogens with zero attached hydrogens (tertiary/aromatic N) is 2. The highest BCUT2D eigenvalue weighted by atomic mass is 19.4. The number of benzene rings is 1. The largest absolute Gasteiger partial charge is 0.496 e. The third kappa shape index (κ3) is 3.52. The average Bonchev–Trinajstić information content (AvgIpc) is 2.85. The molecule has 0 aliphatic heterocycles. The van der Waals surface area contributed by atoms with Crippen molar-refractivity contribution in [2.45, 2.75) is 25.6 Å². The minimum absolute atomic E-state index is 0.108. The van der Waals surface area contributed by atoms with Gasteiger partial charge in [0.2, 0.25) is 11.7 Å². The van der Waals surface area contributed by atoms with Crippen LogP contribution in [-0.2, 0) is 6.42 Å². The van der Waals surface area contributed by atoms with Crippen LogP contribution in [0.15, 0.2) is 22.7 Å². The van der Waals surface area contributed by atoms with E-state index in [1.54, 1.807) is 18.2 Å². The molecule has 0 spiro atoms. The molecule has 2 rings (SSSR count). The molecule has 1 aromatic carbocycles. The van der Waals surface area contributed by atoms with Crippen LogP contribution in [0.4, 0.5) is 13.2 Å². The van der Waals surface area contributed by atoms with Crippen molar-refractivity contribution < 1.29 is 27.5 Å². The zero-order valence-electron chi connectivity index (χ0n) is 11.3. The number of alkyl halides is 3. The van der Waals surface area contributed by atoms with Gasteiger partial charge in [-0.05, 0) is 24.6 Å². The molecule has 0 saturated heterocycles. The molecule has 0 fully saturated rings. The van der Waals surface area contributed by atoms with E-state index in [1.165, 1.54) is 7.11 Å². The average molecular weight is 302 g/mol. The first-order chi connectivity index (χ1) is 9.81. The van der Waals surface area contributed by atoms with E-state index >= 15 is 0 Å². The Bertz CT molecular complexity index is 625. The second kappa shape index (κ2) is 5.72. The van der Waals surface area contributed by atoms with Crippen LogP contribution in [0.25, 0.3) is 11.4 Å². The van der Waals surface area contributed by atoms with E-state index in [0.29, 0.717) is 11.3 Å². The van der Waals surface area contributed by atoms with Crippen molar-refractivity contribution in [2.75, 3.05) is 7.11 Å². The molecule has 5 nitrogen and oxygen atoms in total. The summed E-state index contributed by atoms with van der Waals surface area (Å²) in [5, 5.41) is 12.6. The molecule has 0 amide bonds. The van der Waals surface area contributed by atoms with Crippen molar-refractivity contribution in [3.05, 3.63) is 29.7 Å². The summed E-state index contributed by atoms with van der Waals surface area (Å²) in [6.45, 7) is 1.87. The second-order valence-electron chi connectivity index (χ2n) is 4.48. The van der Waals surface area contributed by atoms with Crippen LogP contribution < -0.4 is 4.74 Å². The summed E-state index contributed by atoms with van der Waals surface area (Å²) in [6, 6.07) is 5.22. The van der Waals surface area contributed by atoms with Gasteiger partial charge in [-0.15, -0.1) is 0 Å². The molecule has 21 heavy (non-hydrogen) atoms. The van der Waals surface area contributed by atoms with E-state index in [9.17, 15) is 13.2 Å². The van der Waals surface area contributed by atoms with E-state index in [0.717, 1.165) is 5.56 Å². The normalized spacial score (nSPS) is 13.2. The van der Waals surface area contributed by atoms with Gasteiger partial charge >= 0.3 is 6.18 Å². The van der Waals surface area contributed by atoms with E-state index in [2.05, 4.69) is 10.1 Å². The molecule has 0 saturated carbocycles. The van der Waals surface area contributed by atoms with Gasteiger partial charge in [-0.2, -0.15) is 18.2 Å². The highest BCUT2D eigenvalue weighted by molar-refractivity contribution is 5.64. The van der Waals surface area contributed by atoms with Crippen LogP contribution in [0.5, 0.6) is 5.75 Å². The fraction of sp³-hybridized carbons (Fsp3) is 0.385. The lowest BCUT2D eigenvalue weighted by molar-refractivity contribution is -0.204. The minimum atomic E-state index is -4.73. The number of ether oxygens (including phenoxy) is 1. The summed E-state index contributed by atoms with van der Waals surface area (Å²) in [5.41, 5.74) is 1.45. The quantitative estimate of drug-likeness (QED) is 0.940. The summed E-state index contributed by atoms with van der Waals surface area (Å²) >= 11 is 0. The number of halogens is 3. The Balaban J connectivity index is 2.24. The summed E-state index contributed by atoms with van der Waals surface area (Å²) in [6.07, 6.45) is -8.05. The maximum absolute atomic E-state index is 12.3. The third-order valence-electron chi connectivity index (χ3n) is 2.81. The first kappa shape index (κ1) is 15.3. The van der Waals surface area contributed by atoms with Crippen molar-refractivity contribution in [1.29, 1.82) is 0 Å². The Morgan fingerprint density at radius 2 is 2.10 bits per heavy atom. The Morgan fingerprint density at radius 1 is 1.38 bits per heavy atom. The molecule has 0 radical (unpaired) electrons. The number of rotatable bonds is 4. The van der Waals surface area contributed by atoms with E-state index < -0.39 is 18.7 Å². The number of aliphatic hydroxyl groups excluding tert-OH is 1. The van der Waals surface area contributed by atoms with Gasteiger partial charge in [-0.25, -0.2) is 0 Å². The van der Waals surface area contributed by atoms with Gasteiger partial charge in [-0.1, -0.05) is 11.2 Å². The summed E-state index contributed by atoms with van der Waals surface area (Å²) in [4.78, 5) is 3.85. The molecule has 0 aliphatic rings. The molecule has 2 aromatic rings. The maximum atomic E-state index is 12.3.